The molecule has 1 atom stereocenters. The van der Waals surface area contributed by atoms with Gasteiger partial charge in [-0.25, -0.2) is 22.7 Å². The van der Waals surface area contributed by atoms with Crippen LogP contribution in [0.5, 0.6) is 0 Å². The van der Waals surface area contributed by atoms with Gasteiger partial charge in [-0.3, -0.25) is 9.69 Å². The summed E-state index contributed by atoms with van der Waals surface area (Å²) in [6.07, 6.45) is 5.45. The molecule has 1 saturated heterocycles. The predicted octanol–water partition coefficient (Wildman–Crippen LogP) is 3.40. The fourth-order valence-corrected chi connectivity index (χ4v) is 5.69. The number of rotatable bonds is 7. The Labute approximate surface area is 208 Å². The van der Waals surface area contributed by atoms with Gasteiger partial charge in [0.1, 0.15) is 0 Å². The van der Waals surface area contributed by atoms with Crippen LogP contribution >= 0.6 is 0 Å². The number of carbonyl (C=O) groups excluding carboxylic acids is 3. The first-order valence-corrected chi connectivity index (χ1v) is 14.0. The molecule has 1 saturated carbocycles. The van der Waals surface area contributed by atoms with Gasteiger partial charge in [0.25, 0.3) is 10.0 Å². The number of carbonyl (C=O) groups is 3. The number of amides is 5. The molecule has 35 heavy (non-hydrogen) atoms. The van der Waals surface area contributed by atoms with Crippen molar-refractivity contribution in [2.24, 2.45) is 17.8 Å². The van der Waals surface area contributed by atoms with E-state index in [4.69, 9.17) is 0 Å². The SMILES string of the molecule is CC1CCN(C(=O)NCCc2ccc(S(=O)(=O)NC(=O)NC3CCC(C(C)C)CC3)cc2)C(=O)C1. The van der Waals surface area contributed by atoms with E-state index in [0.29, 0.717) is 43.7 Å². The topological polar surface area (TPSA) is 125 Å². The van der Waals surface area contributed by atoms with Crippen molar-refractivity contribution >= 4 is 28.0 Å². The average Bonchev–Trinajstić information content (AvgIpc) is 2.79. The zero-order valence-corrected chi connectivity index (χ0v) is 21.7. The Morgan fingerprint density at radius 1 is 1.06 bits per heavy atom. The molecule has 1 aliphatic carbocycles. The van der Waals surface area contributed by atoms with E-state index in [9.17, 15) is 22.8 Å². The minimum absolute atomic E-state index is 0.00279. The number of likely N-dealkylation sites (tertiary alicyclic amines) is 1. The van der Waals surface area contributed by atoms with Crippen LogP contribution in [0.1, 0.15) is 64.9 Å². The third kappa shape index (κ3) is 7.68. The highest BCUT2D eigenvalue weighted by Crippen LogP contribution is 2.29. The van der Waals surface area contributed by atoms with Gasteiger partial charge in [0.15, 0.2) is 0 Å². The molecule has 1 aromatic rings. The molecular formula is C25H38N4O5S. The number of benzene rings is 1. The molecule has 0 bridgehead atoms. The molecule has 3 rings (SSSR count). The van der Waals surface area contributed by atoms with Crippen LogP contribution in [0.25, 0.3) is 0 Å². The Hall–Kier alpha value is -2.62. The lowest BCUT2D eigenvalue weighted by molar-refractivity contribution is -0.131. The lowest BCUT2D eigenvalue weighted by atomic mass is 9.80. The highest BCUT2D eigenvalue weighted by atomic mass is 32.2. The van der Waals surface area contributed by atoms with E-state index in [-0.39, 0.29) is 16.8 Å². The van der Waals surface area contributed by atoms with Gasteiger partial charge in [-0.1, -0.05) is 32.9 Å². The Balaban J connectivity index is 1.44. The summed E-state index contributed by atoms with van der Waals surface area (Å²) in [4.78, 5) is 37.8. The standard InChI is InChI=1S/C25H38N4O5S/c1-17(2)20-6-8-21(9-7-20)27-24(31)28-35(33,34)22-10-4-19(5-11-22)12-14-26-25(32)29-15-13-18(3)16-23(29)30/h4-5,10-11,17-18,20-21H,6-9,12-16H2,1-3H3,(H,26,32)(H2,27,28,31). The van der Waals surface area contributed by atoms with Gasteiger partial charge in [0.05, 0.1) is 4.90 Å². The number of piperidine rings is 1. The lowest BCUT2D eigenvalue weighted by Gasteiger charge is -2.31. The minimum Gasteiger partial charge on any atom is -0.337 e. The highest BCUT2D eigenvalue weighted by molar-refractivity contribution is 7.90. The fraction of sp³-hybridized carbons (Fsp3) is 0.640. The van der Waals surface area contributed by atoms with E-state index in [2.05, 4.69) is 29.2 Å². The van der Waals surface area contributed by atoms with Crippen LogP contribution in [0.2, 0.25) is 0 Å². The van der Waals surface area contributed by atoms with Gasteiger partial charge >= 0.3 is 12.1 Å². The summed E-state index contributed by atoms with van der Waals surface area (Å²) in [6.45, 7) is 7.16. The molecule has 10 heteroatoms. The minimum atomic E-state index is -3.99. The second-order valence-corrected chi connectivity index (χ2v) is 11.9. The molecule has 5 amide bonds. The second kappa shape index (κ2) is 11.9. The first-order valence-electron chi connectivity index (χ1n) is 12.6. The van der Waals surface area contributed by atoms with E-state index in [0.717, 1.165) is 37.7 Å². The summed E-state index contributed by atoms with van der Waals surface area (Å²) >= 11 is 0. The smallest absolute Gasteiger partial charge is 0.328 e. The maximum absolute atomic E-state index is 12.6. The van der Waals surface area contributed by atoms with Gasteiger partial charge in [0, 0.05) is 25.6 Å². The monoisotopic (exact) mass is 506 g/mol. The maximum Gasteiger partial charge on any atom is 0.328 e. The summed E-state index contributed by atoms with van der Waals surface area (Å²) in [5.74, 6) is 1.41. The largest absolute Gasteiger partial charge is 0.337 e. The molecule has 1 aliphatic heterocycles. The molecule has 3 N–H and O–H groups in total. The Bertz CT molecular complexity index is 1000. The van der Waals surface area contributed by atoms with E-state index < -0.39 is 22.1 Å². The molecule has 0 spiro atoms. The Morgan fingerprint density at radius 3 is 2.31 bits per heavy atom. The molecule has 194 valence electrons. The third-order valence-electron chi connectivity index (χ3n) is 7.12. The van der Waals surface area contributed by atoms with Crippen LogP contribution in [0, 0.1) is 17.8 Å². The zero-order chi connectivity index (χ0) is 25.6. The number of hydrogen-bond donors (Lipinski definition) is 3. The Morgan fingerprint density at radius 2 is 1.71 bits per heavy atom. The van der Waals surface area contributed by atoms with E-state index in [1.807, 2.05) is 6.92 Å². The van der Waals surface area contributed by atoms with E-state index in [1.54, 1.807) is 12.1 Å². The van der Waals surface area contributed by atoms with Crippen LogP contribution in [0.3, 0.4) is 0 Å². The molecule has 2 aliphatic rings. The highest BCUT2D eigenvalue weighted by Gasteiger charge is 2.28. The first-order chi connectivity index (χ1) is 16.5. The van der Waals surface area contributed by atoms with Crippen molar-refractivity contribution in [2.45, 2.75) is 76.7 Å². The van der Waals surface area contributed by atoms with Gasteiger partial charge in [-0.05, 0) is 74.0 Å². The summed E-state index contributed by atoms with van der Waals surface area (Å²) in [5, 5.41) is 5.54. The lowest BCUT2D eigenvalue weighted by Crippen LogP contribution is -2.48. The summed E-state index contributed by atoms with van der Waals surface area (Å²) in [7, 11) is -3.99. The molecule has 9 nitrogen and oxygen atoms in total. The molecule has 0 aromatic heterocycles. The third-order valence-corrected chi connectivity index (χ3v) is 8.46. The Kier molecular flexibility index (Phi) is 9.15. The number of urea groups is 2. The van der Waals surface area contributed by atoms with Crippen LogP contribution in [0.15, 0.2) is 29.2 Å². The number of nitrogens with one attached hydrogen (secondary N) is 3. The van der Waals surface area contributed by atoms with Crippen LogP contribution < -0.4 is 15.4 Å². The van der Waals surface area contributed by atoms with Crippen molar-refractivity contribution in [1.29, 1.82) is 0 Å². The fourth-order valence-electron chi connectivity index (χ4n) is 4.77. The second-order valence-electron chi connectivity index (χ2n) is 10.2. The zero-order valence-electron chi connectivity index (χ0n) is 20.9. The summed E-state index contributed by atoms with van der Waals surface area (Å²) in [5.41, 5.74) is 0.828. The molecule has 1 aromatic carbocycles. The molecule has 0 radical (unpaired) electrons. The number of hydrogen-bond acceptors (Lipinski definition) is 5. The van der Waals surface area contributed by atoms with Gasteiger partial charge in [0.2, 0.25) is 5.91 Å². The van der Waals surface area contributed by atoms with Crippen molar-refractivity contribution < 1.29 is 22.8 Å². The number of nitrogens with zero attached hydrogens (tertiary/aromatic N) is 1. The van der Waals surface area contributed by atoms with Crippen LogP contribution in [-0.2, 0) is 21.2 Å². The van der Waals surface area contributed by atoms with Crippen molar-refractivity contribution in [2.75, 3.05) is 13.1 Å². The molecular weight excluding hydrogens is 468 g/mol. The van der Waals surface area contributed by atoms with Crippen LogP contribution in [-0.4, -0.2) is 50.4 Å². The molecule has 2 fully saturated rings. The van der Waals surface area contributed by atoms with Crippen molar-refractivity contribution in [3.05, 3.63) is 29.8 Å². The van der Waals surface area contributed by atoms with Crippen LogP contribution in [0.4, 0.5) is 9.59 Å². The summed E-state index contributed by atoms with van der Waals surface area (Å²) < 4.78 is 27.3. The van der Waals surface area contributed by atoms with E-state index >= 15 is 0 Å². The quantitative estimate of drug-likeness (QED) is 0.523. The van der Waals surface area contributed by atoms with Gasteiger partial charge in [-0.2, -0.15) is 0 Å². The molecule has 1 heterocycles. The number of imide groups is 1. The van der Waals surface area contributed by atoms with Gasteiger partial charge in [-0.15, -0.1) is 0 Å². The average molecular weight is 507 g/mol. The first kappa shape index (κ1) is 27.0. The van der Waals surface area contributed by atoms with Crippen molar-refractivity contribution in [3.63, 3.8) is 0 Å². The van der Waals surface area contributed by atoms with Gasteiger partial charge < -0.3 is 10.6 Å². The van der Waals surface area contributed by atoms with E-state index in [1.165, 1.54) is 17.0 Å². The summed E-state index contributed by atoms with van der Waals surface area (Å²) in [6, 6.07) is 5.08. The normalized spacial score (nSPS) is 23.1. The maximum atomic E-state index is 12.6. The molecule has 1 unspecified atom stereocenters. The van der Waals surface area contributed by atoms with Crippen molar-refractivity contribution in [3.8, 4) is 0 Å². The van der Waals surface area contributed by atoms with Crippen molar-refractivity contribution in [1.82, 2.24) is 20.3 Å². The predicted molar refractivity (Wildman–Crippen MR) is 133 cm³/mol. The number of sulfonamides is 1.